The van der Waals surface area contributed by atoms with E-state index in [1.807, 2.05) is 11.4 Å². The van der Waals surface area contributed by atoms with Gasteiger partial charge in [-0.25, -0.2) is 8.42 Å². The van der Waals surface area contributed by atoms with E-state index in [2.05, 4.69) is 21.4 Å². The summed E-state index contributed by atoms with van der Waals surface area (Å²) in [6.45, 7) is 0. The van der Waals surface area contributed by atoms with Crippen molar-refractivity contribution < 1.29 is 8.42 Å². The van der Waals surface area contributed by atoms with E-state index in [4.69, 9.17) is 5.84 Å². The van der Waals surface area contributed by atoms with Crippen molar-refractivity contribution in [3.8, 4) is 0 Å². The van der Waals surface area contributed by atoms with Gasteiger partial charge in [0.15, 0.2) is 0 Å². The molecule has 1 aromatic rings. The van der Waals surface area contributed by atoms with E-state index in [9.17, 15) is 8.42 Å². The molecule has 0 amide bonds. The molecular weight excluding hydrogens is 300 g/mol. The van der Waals surface area contributed by atoms with E-state index in [1.165, 1.54) is 6.26 Å². The number of thiophene rings is 1. The third-order valence-electron chi connectivity index (χ3n) is 1.91. The first-order chi connectivity index (χ1) is 6.92. The molecule has 4 nitrogen and oxygen atoms in total. The van der Waals surface area contributed by atoms with Gasteiger partial charge in [-0.05, 0) is 28.4 Å². The molecule has 1 atom stereocenters. The molecule has 0 aliphatic carbocycles. The maximum Gasteiger partial charge on any atom is 0.147 e. The normalized spacial score (nSPS) is 14.1. The van der Waals surface area contributed by atoms with Crippen molar-refractivity contribution in [2.75, 3.05) is 12.0 Å². The van der Waals surface area contributed by atoms with E-state index >= 15 is 0 Å². The van der Waals surface area contributed by atoms with Gasteiger partial charge in [0.05, 0.1) is 11.8 Å². The zero-order valence-electron chi connectivity index (χ0n) is 8.23. The zero-order valence-corrected chi connectivity index (χ0v) is 11.5. The molecular formula is C8H13BrN2O2S2. The summed E-state index contributed by atoms with van der Waals surface area (Å²) < 4.78 is 23.0. The number of sulfone groups is 1. The Labute approximate surface area is 102 Å². The van der Waals surface area contributed by atoms with Crippen LogP contribution in [0.25, 0.3) is 0 Å². The molecule has 7 heteroatoms. The van der Waals surface area contributed by atoms with Gasteiger partial charge in [-0.1, -0.05) is 0 Å². The van der Waals surface area contributed by atoms with Crippen LogP contribution in [0, 0.1) is 0 Å². The van der Waals surface area contributed by atoms with Crippen molar-refractivity contribution >= 4 is 37.1 Å². The second kappa shape index (κ2) is 5.40. The molecule has 0 spiro atoms. The highest BCUT2D eigenvalue weighted by molar-refractivity contribution is 9.10. The molecule has 0 saturated carbocycles. The topological polar surface area (TPSA) is 72.2 Å². The van der Waals surface area contributed by atoms with Crippen molar-refractivity contribution in [3.05, 3.63) is 20.8 Å². The fourth-order valence-electron chi connectivity index (χ4n) is 1.15. The Balaban J connectivity index is 2.65. The van der Waals surface area contributed by atoms with Crippen molar-refractivity contribution in [1.29, 1.82) is 0 Å². The van der Waals surface area contributed by atoms with Crippen LogP contribution in [-0.2, 0) is 9.84 Å². The highest BCUT2D eigenvalue weighted by Crippen LogP contribution is 2.27. The molecule has 0 aromatic carbocycles. The van der Waals surface area contributed by atoms with E-state index in [-0.39, 0.29) is 11.8 Å². The van der Waals surface area contributed by atoms with Crippen LogP contribution in [-0.4, -0.2) is 20.4 Å². The molecule has 0 saturated heterocycles. The van der Waals surface area contributed by atoms with Gasteiger partial charge in [-0.15, -0.1) is 11.3 Å². The standard InChI is InChI=1S/C8H13BrN2O2S2/c1-15(12,13)3-2-7(11-10)8-4-6(9)5-14-8/h4-5,7,11H,2-3,10H2,1H3. The zero-order chi connectivity index (χ0) is 11.5. The van der Waals surface area contributed by atoms with Crippen molar-refractivity contribution in [3.63, 3.8) is 0 Å². The van der Waals surface area contributed by atoms with Crippen LogP contribution in [0.1, 0.15) is 17.3 Å². The monoisotopic (exact) mass is 312 g/mol. The van der Waals surface area contributed by atoms with Crippen LogP contribution >= 0.6 is 27.3 Å². The number of hydrazine groups is 1. The van der Waals surface area contributed by atoms with E-state index in [0.717, 1.165) is 9.35 Å². The second-order valence-corrected chi connectivity index (χ2v) is 7.42. The number of nitrogens with two attached hydrogens (primary N) is 1. The lowest BCUT2D eigenvalue weighted by Crippen LogP contribution is -2.28. The average Bonchev–Trinajstić information content (AvgIpc) is 2.51. The lowest BCUT2D eigenvalue weighted by molar-refractivity contribution is 0.538. The molecule has 0 bridgehead atoms. The summed E-state index contributed by atoms with van der Waals surface area (Å²) in [6, 6.07) is 1.84. The SMILES string of the molecule is CS(=O)(=O)CCC(NN)c1cc(Br)cs1. The summed E-state index contributed by atoms with van der Waals surface area (Å²) in [5.41, 5.74) is 2.63. The predicted octanol–water partition coefficient (Wildman–Crippen LogP) is 1.45. The summed E-state index contributed by atoms with van der Waals surface area (Å²) in [4.78, 5) is 1.04. The smallest absolute Gasteiger partial charge is 0.147 e. The Bertz CT molecular complexity index is 416. The Kier molecular flexibility index (Phi) is 4.72. The van der Waals surface area contributed by atoms with E-state index in [1.54, 1.807) is 11.3 Å². The van der Waals surface area contributed by atoms with E-state index in [0.29, 0.717) is 6.42 Å². The van der Waals surface area contributed by atoms with Gasteiger partial charge in [-0.2, -0.15) is 0 Å². The Hall–Kier alpha value is 0.0500. The Morgan fingerprint density at radius 2 is 2.33 bits per heavy atom. The highest BCUT2D eigenvalue weighted by Gasteiger charge is 2.14. The summed E-state index contributed by atoms with van der Waals surface area (Å²) >= 11 is 4.89. The van der Waals surface area contributed by atoms with Gasteiger partial charge in [0.25, 0.3) is 0 Å². The molecule has 0 aliphatic heterocycles. The molecule has 1 unspecified atom stereocenters. The van der Waals surface area contributed by atoms with Gasteiger partial charge in [0.1, 0.15) is 9.84 Å². The third-order valence-corrected chi connectivity index (χ3v) is 4.69. The fourth-order valence-corrected chi connectivity index (χ4v) is 3.35. The molecule has 1 heterocycles. The summed E-state index contributed by atoms with van der Waals surface area (Å²) in [6.07, 6.45) is 1.72. The minimum absolute atomic E-state index is 0.101. The maximum absolute atomic E-state index is 11.0. The number of nitrogens with one attached hydrogen (secondary N) is 1. The van der Waals surface area contributed by atoms with Crippen molar-refractivity contribution in [1.82, 2.24) is 5.43 Å². The van der Waals surface area contributed by atoms with Crippen LogP contribution in [0.3, 0.4) is 0 Å². The highest BCUT2D eigenvalue weighted by atomic mass is 79.9. The second-order valence-electron chi connectivity index (χ2n) is 3.31. The summed E-state index contributed by atoms with van der Waals surface area (Å²) in [5.74, 6) is 5.53. The fraction of sp³-hybridized carbons (Fsp3) is 0.500. The predicted molar refractivity (Wildman–Crippen MR) is 66.4 cm³/mol. The molecule has 1 rings (SSSR count). The van der Waals surface area contributed by atoms with Crippen molar-refractivity contribution in [2.24, 2.45) is 5.84 Å². The molecule has 0 fully saturated rings. The minimum Gasteiger partial charge on any atom is -0.271 e. The molecule has 1 aromatic heterocycles. The lowest BCUT2D eigenvalue weighted by Gasteiger charge is -2.12. The van der Waals surface area contributed by atoms with Crippen LogP contribution in [0.4, 0.5) is 0 Å². The van der Waals surface area contributed by atoms with Crippen LogP contribution in [0.2, 0.25) is 0 Å². The number of hydrogen-bond donors (Lipinski definition) is 2. The number of hydrogen-bond acceptors (Lipinski definition) is 5. The molecule has 15 heavy (non-hydrogen) atoms. The Morgan fingerprint density at radius 3 is 2.73 bits per heavy atom. The minimum atomic E-state index is -2.93. The van der Waals surface area contributed by atoms with Gasteiger partial charge in [0.2, 0.25) is 0 Å². The molecule has 3 N–H and O–H groups in total. The maximum atomic E-state index is 11.0. The largest absolute Gasteiger partial charge is 0.271 e. The van der Waals surface area contributed by atoms with Gasteiger partial charge >= 0.3 is 0 Å². The lowest BCUT2D eigenvalue weighted by atomic mass is 10.2. The van der Waals surface area contributed by atoms with Gasteiger partial charge in [0, 0.05) is 21.0 Å². The number of rotatable bonds is 5. The molecule has 0 aliphatic rings. The first kappa shape index (κ1) is 13.1. The summed E-state index contributed by atoms with van der Waals surface area (Å²) in [7, 11) is -2.93. The average molecular weight is 313 g/mol. The third kappa shape index (κ3) is 4.60. The van der Waals surface area contributed by atoms with Crippen LogP contribution < -0.4 is 11.3 Å². The van der Waals surface area contributed by atoms with Gasteiger partial charge in [-0.3, -0.25) is 11.3 Å². The Morgan fingerprint density at radius 1 is 1.67 bits per heavy atom. The van der Waals surface area contributed by atoms with Crippen LogP contribution in [0.15, 0.2) is 15.9 Å². The first-order valence-corrected chi connectivity index (χ1v) is 8.03. The molecule has 0 radical (unpaired) electrons. The number of halogens is 1. The van der Waals surface area contributed by atoms with E-state index < -0.39 is 9.84 Å². The quantitative estimate of drug-likeness (QED) is 0.637. The van der Waals surface area contributed by atoms with Gasteiger partial charge < -0.3 is 0 Å². The first-order valence-electron chi connectivity index (χ1n) is 4.30. The summed E-state index contributed by atoms with van der Waals surface area (Å²) in [5, 5.41) is 1.94. The van der Waals surface area contributed by atoms with Crippen LogP contribution in [0.5, 0.6) is 0 Å². The molecule has 86 valence electrons. The van der Waals surface area contributed by atoms with Crippen molar-refractivity contribution in [2.45, 2.75) is 12.5 Å².